The number of aromatic nitrogens is 5. The van der Waals surface area contributed by atoms with Crippen molar-refractivity contribution in [1.82, 2.24) is 29.8 Å². The maximum Gasteiger partial charge on any atom is 0.229 e. The molecular weight excluding hydrogens is 472 g/mol. The second-order valence-corrected chi connectivity index (χ2v) is 9.66. The molecule has 0 amide bonds. The van der Waals surface area contributed by atoms with E-state index in [-0.39, 0.29) is 41.1 Å². The lowest BCUT2D eigenvalue weighted by atomic mass is 10.0. The molecule has 10 heteroatoms. The number of fused-ring (bicyclic) bond motifs is 2. The van der Waals surface area contributed by atoms with E-state index in [4.69, 9.17) is 0 Å². The Morgan fingerprint density at radius 2 is 1.86 bits per heavy atom. The molecule has 0 saturated heterocycles. The SMILES string of the molecule is Cc1nc2c(F)cc(-c3nc(Nc4ccc5c(n4)CCN[C@@H]5C)ncc3F)cc2n1C(C)(C)C.Cl. The van der Waals surface area contributed by atoms with Crippen LogP contribution in [-0.2, 0) is 12.0 Å². The van der Waals surface area contributed by atoms with E-state index >= 15 is 4.39 Å². The highest BCUT2D eigenvalue weighted by Gasteiger charge is 2.23. The number of halogens is 3. The third-order valence-electron chi connectivity index (χ3n) is 6.10. The zero-order valence-corrected chi connectivity index (χ0v) is 21.1. The van der Waals surface area contributed by atoms with Gasteiger partial charge in [0.1, 0.15) is 22.9 Å². The molecule has 0 bridgehead atoms. The lowest BCUT2D eigenvalue weighted by Gasteiger charge is -2.24. The molecule has 0 unspecified atom stereocenters. The Labute approximate surface area is 208 Å². The molecule has 2 N–H and O–H groups in total. The fourth-order valence-electron chi connectivity index (χ4n) is 4.67. The van der Waals surface area contributed by atoms with Gasteiger partial charge in [0, 0.05) is 35.8 Å². The molecule has 5 rings (SSSR count). The van der Waals surface area contributed by atoms with Crippen LogP contribution >= 0.6 is 12.4 Å². The quantitative estimate of drug-likeness (QED) is 0.382. The van der Waals surface area contributed by atoms with Gasteiger partial charge in [-0.25, -0.2) is 28.7 Å². The first-order valence-corrected chi connectivity index (χ1v) is 11.3. The van der Waals surface area contributed by atoms with Crippen molar-refractivity contribution in [2.24, 2.45) is 0 Å². The highest BCUT2D eigenvalue weighted by molar-refractivity contribution is 5.85. The molecule has 0 fully saturated rings. The number of aryl methyl sites for hydroxylation is 1. The first kappa shape index (κ1) is 24.9. The van der Waals surface area contributed by atoms with Gasteiger partial charge in [0.05, 0.1) is 11.7 Å². The van der Waals surface area contributed by atoms with Crippen molar-refractivity contribution in [3.8, 4) is 11.3 Å². The molecule has 1 atom stereocenters. The number of benzene rings is 1. The van der Waals surface area contributed by atoms with Crippen LogP contribution in [-0.4, -0.2) is 31.0 Å². The number of nitrogens with zero attached hydrogens (tertiary/aromatic N) is 5. The van der Waals surface area contributed by atoms with E-state index in [1.165, 1.54) is 6.07 Å². The molecule has 184 valence electrons. The summed E-state index contributed by atoms with van der Waals surface area (Å²) in [5, 5.41) is 6.47. The molecule has 7 nitrogen and oxygen atoms in total. The van der Waals surface area contributed by atoms with Gasteiger partial charge < -0.3 is 15.2 Å². The molecule has 0 radical (unpaired) electrons. The largest absolute Gasteiger partial charge is 0.323 e. The van der Waals surface area contributed by atoms with Crippen molar-refractivity contribution in [3.05, 3.63) is 59.2 Å². The van der Waals surface area contributed by atoms with Crippen LogP contribution in [0.15, 0.2) is 30.5 Å². The van der Waals surface area contributed by atoms with Crippen LogP contribution in [0.3, 0.4) is 0 Å². The van der Waals surface area contributed by atoms with Crippen LogP contribution in [0.5, 0.6) is 0 Å². The van der Waals surface area contributed by atoms with Crippen LogP contribution in [0.25, 0.3) is 22.3 Å². The smallest absolute Gasteiger partial charge is 0.229 e. The van der Waals surface area contributed by atoms with Gasteiger partial charge in [-0.05, 0) is 58.4 Å². The zero-order valence-electron chi connectivity index (χ0n) is 20.3. The number of nitrogens with one attached hydrogen (secondary N) is 2. The molecule has 0 spiro atoms. The summed E-state index contributed by atoms with van der Waals surface area (Å²) in [7, 11) is 0. The first-order chi connectivity index (χ1) is 16.1. The maximum atomic E-state index is 15.0. The summed E-state index contributed by atoms with van der Waals surface area (Å²) in [4.78, 5) is 17.5. The number of anilines is 2. The van der Waals surface area contributed by atoms with Gasteiger partial charge in [0.25, 0.3) is 0 Å². The highest BCUT2D eigenvalue weighted by atomic mass is 35.5. The summed E-state index contributed by atoms with van der Waals surface area (Å²) in [5.74, 6) is 0.290. The van der Waals surface area contributed by atoms with Gasteiger partial charge in [0.2, 0.25) is 5.95 Å². The summed E-state index contributed by atoms with van der Waals surface area (Å²) >= 11 is 0. The fourth-order valence-corrected chi connectivity index (χ4v) is 4.67. The number of imidazole rings is 1. The van der Waals surface area contributed by atoms with Crippen molar-refractivity contribution >= 4 is 35.2 Å². The molecule has 1 aromatic carbocycles. The van der Waals surface area contributed by atoms with Gasteiger partial charge >= 0.3 is 0 Å². The maximum absolute atomic E-state index is 15.0. The Kier molecular flexibility index (Phi) is 6.50. The van der Waals surface area contributed by atoms with E-state index in [1.54, 1.807) is 6.07 Å². The Bertz CT molecular complexity index is 1410. The minimum Gasteiger partial charge on any atom is -0.323 e. The second kappa shape index (κ2) is 9.13. The van der Waals surface area contributed by atoms with E-state index in [2.05, 4.69) is 37.5 Å². The summed E-state index contributed by atoms with van der Waals surface area (Å²) in [6.45, 7) is 10.8. The topological polar surface area (TPSA) is 80.6 Å². The number of hydrogen-bond donors (Lipinski definition) is 2. The van der Waals surface area contributed by atoms with E-state index in [9.17, 15) is 4.39 Å². The minimum absolute atomic E-state index is 0. The van der Waals surface area contributed by atoms with Crippen LogP contribution in [0.1, 0.15) is 50.8 Å². The summed E-state index contributed by atoms with van der Waals surface area (Å²) in [5.41, 5.74) is 3.01. The van der Waals surface area contributed by atoms with Gasteiger partial charge in [-0.3, -0.25) is 0 Å². The fraction of sp³-hybridized carbons (Fsp3) is 0.360. The molecule has 3 aromatic heterocycles. The van der Waals surface area contributed by atoms with Gasteiger partial charge in [-0.2, -0.15) is 0 Å². The Hall–Kier alpha value is -3.17. The lowest BCUT2D eigenvalue weighted by molar-refractivity contribution is 0.399. The van der Waals surface area contributed by atoms with Crippen LogP contribution in [0.2, 0.25) is 0 Å². The third-order valence-corrected chi connectivity index (χ3v) is 6.10. The number of pyridine rings is 1. The molecule has 4 aromatic rings. The predicted molar refractivity (Wildman–Crippen MR) is 135 cm³/mol. The second-order valence-electron chi connectivity index (χ2n) is 9.66. The molecule has 0 aliphatic carbocycles. The van der Waals surface area contributed by atoms with E-state index in [0.717, 1.165) is 30.4 Å². The molecular formula is C25H28ClF2N7. The summed E-state index contributed by atoms with van der Waals surface area (Å²) < 4.78 is 31.8. The normalized spacial score (nSPS) is 15.6. The Morgan fingerprint density at radius 3 is 2.60 bits per heavy atom. The average Bonchev–Trinajstić information content (AvgIpc) is 3.12. The van der Waals surface area contributed by atoms with Crippen molar-refractivity contribution in [3.63, 3.8) is 0 Å². The van der Waals surface area contributed by atoms with Crippen LogP contribution in [0, 0.1) is 18.6 Å². The van der Waals surface area contributed by atoms with Crippen LogP contribution in [0.4, 0.5) is 20.5 Å². The molecule has 1 aliphatic rings. The van der Waals surface area contributed by atoms with Gasteiger partial charge in [-0.15, -0.1) is 12.4 Å². The molecule has 1 aliphatic heterocycles. The van der Waals surface area contributed by atoms with E-state index < -0.39 is 11.6 Å². The van der Waals surface area contributed by atoms with Crippen molar-refractivity contribution in [2.75, 3.05) is 11.9 Å². The third kappa shape index (κ3) is 4.58. The summed E-state index contributed by atoms with van der Waals surface area (Å²) in [6.07, 6.45) is 1.91. The standard InChI is InChI=1S/C25H27F2N7.ClH/c1-13-16-6-7-21(31-19(16)8-9-28-13)32-24-29-12-18(27)22(33-24)15-10-17(26)23-20(11-15)34(14(2)30-23)25(3,4)5;/h6-7,10-13,28H,8-9H2,1-5H3,(H,29,31,32,33);1H/t13-;/m1./s1. The molecule has 0 saturated carbocycles. The molecule has 35 heavy (non-hydrogen) atoms. The van der Waals surface area contributed by atoms with Crippen molar-refractivity contribution < 1.29 is 8.78 Å². The first-order valence-electron chi connectivity index (χ1n) is 11.3. The summed E-state index contributed by atoms with van der Waals surface area (Å²) in [6, 6.07) is 7.11. The van der Waals surface area contributed by atoms with Crippen molar-refractivity contribution in [2.45, 2.75) is 52.6 Å². The lowest BCUT2D eigenvalue weighted by Crippen LogP contribution is -2.28. The van der Waals surface area contributed by atoms with E-state index in [0.29, 0.717) is 22.7 Å². The highest BCUT2D eigenvalue weighted by Crippen LogP contribution is 2.32. The predicted octanol–water partition coefficient (Wildman–Crippen LogP) is 5.60. The van der Waals surface area contributed by atoms with E-state index in [1.807, 2.05) is 44.4 Å². The number of hydrogen-bond acceptors (Lipinski definition) is 6. The molecule has 4 heterocycles. The zero-order chi connectivity index (χ0) is 24.2. The van der Waals surface area contributed by atoms with Crippen LogP contribution < -0.4 is 10.6 Å². The Morgan fingerprint density at radius 1 is 1.09 bits per heavy atom. The average molecular weight is 500 g/mol. The van der Waals surface area contributed by atoms with Crippen molar-refractivity contribution in [1.29, 1.82) is 0 Å². The monoisotopic (exact) mass is 499 g/mol. The Balaban J connectivity index is 0.00000289. The number of rotatable bonds is 3. The van der Waals surface area contributed by atoms with Gasteiger partial charge in [-0.1, -0.05) is 6.07 Å². The van der Waals surface area contributed by atoms with Gasteiger partial charge in [0.15, 0.2) is 11.6 Å². The minimum atomic E-state index is -0.638.